The molecule has 30 heavy (non-hydrogen) atoms. The maximum atomic E-state index is 12.2. The predicted molar refractivity (Wildman–Crippen MR) is 116 cm³/mol. The highest BCUT2D eigenvalue weighted by Crippen LogP contribution is 2.35. The number of benzene rings is 1. The number of rotatable bonds is 8. The Hall–Kier alpha value is -2.76. The zero-order chi connectivity index (χ0) is 21.7. The van der Waals surface area contributed by atoms with Gasteiger partial charge in [0.25, 0.3) is 0 Å². The predicted octanol–water partition coefficient (Wildman–Crippen LogP) is 2.60. The first-order valence-corrected chi connectivity index (χ1v) is 12.0. The van der Waals surface area contributed by atoms with E-state index in [2.05, 4.69) is 20.6 Å². The number of aliphatic hydroxyl groups excluding tert-OH is 1. The standard InChI is InChI=1S/C19H23N5O4S2/c1-13-17(29-19(22-13)23-18(26)21-7-3-4-10-25)14-5-6-16(30(2,27)28)15(11-14)24-9-8-20-12-24/h5-6,8-9,11-12,25H,3-4,7,10H2,1-2H3,(H2,21,22,23,26). The molecule has 0 aliphatic rings. The molecule has 0 atom stereocenters. The average molecular weight is 450 g/mol. The molecule has 0 unspecified atom stereocenters. The molecular weight excluding hydrogens is 426 g/mol. The Morgan fingerprint density at radius 3 is 2.77 bits per heavy atom. The van der Waals surface area contributed by atoms with Gasteiger partial charge in [-0.15, -0.1) is 0 Å². The topological polar surface area (TPSA) is 126 Å². The molecule has 0 saturated heterocycles. The number of carbonyl (C=O) groups is 1. The number of imidazole rings is 1. The third-order valence-corrected chi connectivity index (χ3v) is 6.56. The Labute approximate surface area is 178 Å². The van der Waals surface area contributed by atoms with Gasteiger partial charge in [-0.25, -0.2) is 23.2 Å². The van der Waals surface area contributed by atoms with Crippen LogP contribution in [0.25, 0.3) is 16.1 Å². The molecule has 0 spiro atoms. The number of nitrogens with zero attached hydrogens (tertiary/aromatic N) is 3. The van der Waals surface area contributed by atoms with E-state index in [4.69, 9.17) is 5.11 Å². The maximum Gasteiger partial charge on any atom is 0.321 e. The Morgan fingerprint density at radius 2 is 2.10 bits per heavy atom. The van der Waals surface area contributed by atoms with Crippen molar-refractivity contribution in [3.05, 3.63) is 42.6 Å². The van der Waals surface area contributed by atoms with Gasteiger partial charge < -0.3 is 15.0 Å². The molecule has 2 aromatic heterocycles. The molecule has 3 aromatic rings. The van der Waals surface area contributed by atoms with Crippen LogP contribution in [0.2, 0.25) is 0 Å². The van der Waals surface area contributed by atoms with Gasteiger partial charge in [0.2, 0.25) is 0 Å². The summed E-state index contributed by atoms with van der Waals surface area (Å²) >= 11 is 1.31. The second kappa shape index (κ2) is 9.37. The minimum atomic E-state index is -3.43. The Kier molecular flexibility index (Phi) is 6.85. The highest BCUT2D eigenvalue weighted by atomic mass is 32.2. The molecule has 2 amide bonds. The molecule has 11 heteroatoms. The number of nitrogens with one attached hydrogen (secondary N) is 2. The third-order valence-electron chi connectivity index (χ3n) is 4.29. The smallest absolute Gasteiger partial charge is 0.321 e. The number of amides is 2. The van der Waals surface area contributed by atoms with Crippen molar-refractivity contribution in [1.29, 1.82) is 0 Å². The number of anilines is 1. The minimum Gasteiger partial charge on any atom is -0.396 e. The van der Waals surface area contributed by atoms with Gasteiger partial charge in [0, 0.05) is 31.8 Å². The maximum absolute atomic E-state index is 12.2. The first kappa shape index (κ1) is 21.9. The van der Waals surface area contributed by atoms with Crippen molar-refractivity contribution < 1.29 is 18.3 Å². The molecule has 1 aromatic carbocycles. The van der Waals surface area contributed by atoms with Gasteiger partial charge in [-0.05, 0) is 37.5 Å². The molecule has 0 aliphatic carbocycles. The Morgan fingerprint density at radius 1 is 1.30 bits per heavy atom. The quantitative estimate of drug-likeness (QED) is 0.454. The average Bonchev–Trinajstić information content (AvgIpc) is 3.34. The summed E-state index contributed by atoms with van der Waals surface area (Å²) in [7, 11) is -3.43. The molecular formula is C19H23N5O4S2. The number of sulfone groups is 1. The molecule has 9 nitrogen and oxygen atoms in total. The fourth-order valence-electron chi connectivity index (χ4n) is 2.87. The van der Waals surface area contributed by atoms with Crippen molar-refractivity contribution in [2.45, 2.75) is 24.7 Å². The van der Waals surface area contributed by atoms with Crippen molar-refractivity contribution in [2.24, 2.45) is 0 Å². The van der Waals surface area contributed by atoms with Crippen molar-refractivity contribution in [1.82, 2.24) is 19.9 Å². The van der Waals surface area contributed by atoms with Crippen LogP contribution < -0.4 is 10.6 Å². The molecule has 0 fully saturated rings. The SMILES string of the molecule is Cc1nc(NC(=O)NCCCCO)sc1-c1ccc(S(C)(=O)=O)c(-n2ccnc2)c1. The van der Waals surface area contributed by atoms with E-state index >= 15 is 0 Å². The van der Waals surface area contributed by atoms with Crippen LogP contribution in [0.15, 0.2) is 41.8 Å². The summed E-state index contributed by atoms with van der Waals surface area (Å²) in [6.45, 7) is 2.39. The zero-order valence-electron chi connectivity index (χ0n) is 16.6. The number of hydrogen-bond donors (Lipinski definition) is 3. The molecule has 2 heterocycles. The van der Waals surface area contributed by atoms with Crippen LogP contribution in [-0.4, -0.2) is 53.5 Å². The lowest BCUT2D eigenvalue weighted by Gasteiger charge is -2.11. The van der Waals surface area contributed by atoms with Crippen LogP contribution in [-0.2, 0) is 9.84 Å². The van der Waals surface area contributed by atoms with E-state index in [1.54, 1.807) is 41.5 Å². The molecule has 0 bridgehead atoms. The Balaban J connectivity index is 1.86. The van der Waals surface area contributed by atoms with Gasteiger partial charge in [0.05, 0.1) is 27.5 Å². The highest BCUT2D eigenvalue weighted by Gasteiger charge is 2.18. The van der Waals surface area contributed by atoms with Gasteiger partial charge in [-0.1, -0.05) is 17.4 Å². The first-order chi connectivity index (χ1) is 14.3. The van der Waals surface area contributed by atoms with Crippen LogP contribution >= 0.6 is 11.3 Å². The van der Waals surface area contributed by atoms with E-state index in [1.165, 1.54) is 17.6 Å². The fourth-order valence-corrected chi connectivity index (χ4v) is 4.69. The van der Waals surface area contributed by atoms with Crippen molar-refractivity contribution in [2.75, 3.05) is 24.7 Å². The minimum absolute atomic E-state index is 0.0948. The zero-order valence-corrected chi connectivity index (χ0v) is 18.3. The second-order valence-electron chi connectivity index (χ2n) is 6.67. The van der Waals surface area contributed by atoms with Gasteiger partial charge >= 0.3 is 6.03 Å². The lowest BCUT2D eigenvalue weighted by atomic mass is 10.1. The van der Waals surface area contributed by atoms with E-state index in [9.17, 15) is 13.2 Å². The highest BCUT2D eigenvalue weighted by molar-refractivity contribution is 7.90. The van der Waals surface area contributed by atoms with Gasteiger partial charge in [-0.2, -0.15) is 0 Å². The number of thiazole rings is 1. The molecule has 0 saturated carbocycles. The van der Waals surface area contributed by atoms with E-state index < -0.39 is 9.84 Å². The molecule has 160 valence electrons. The second-order valence-corrected chi connectivity index (χ2v) is 9.65. The van der Waals surface area contributed by atoms with Crippen LogP contribution in [0.3, 0.4) is 0 Å². The normalized spacial score (nSPS) is 11.4. The van der Waals surface area contributed by atoms with Gasteiger partial charge in [0.15, 0.2) is 15.0 Å². The van der Waals surface area contributed by atoms with Crippen LogP contribution in [0, 0.1) is 6.92 Å². The van der Waals surface area contributed by atoms with Gasteiger partial charge in [0.1, 0.15) is 0 Å². The van der Waals surface area contributed by atoms with E-state index in [0.29, 0.717) is 30.2 Å². The summed E-state index contributed by atoms with van der Waals surface area (Å²) in [5, 5.41) is 14.6. The van der Waals surface area contributed by atoms with E-state index in [-0.39, 0.29) is 17.5 Å². The van der Waals surface area contributed by atoms with Crippen LogP contribution in [0.1, 0.15) is 18.5 Å². The summed E-state index contributed by atoms with van der Waals surface area (Å²) in [5.74, 6) is 0. The van der Waals surface area contributed by atoms with Crippen molar-refractivity contribution in [3.8, 4) is 16.1 Å². The van der Waals surface area contributed by atoms with Crippen LogP contribution in [0.5, 0.6) is 0 Å². The molecule has 3 N–H and O–H groups in total. The largest absolute Gasteiger partial charge is 0.396 e. The van der Waals surface area contributed by atoms with Crippen LogP contribution in [0.4, 0.5) is 9.93 Å². The summed E-state index contributed by atoms with van der Waals surface area (Å²) in [4.78, 5) is 21.4. The van der Waals surface area contributed by atoms with E-state index in [0.717, 1.165) is 16.1 Å². The number of unbranched alkanes of at least 4 members (excludes halogenated alkanes) is 1. The number of hydrogen-bond acceptors (Lipinski definition) is 7. The number of aromatic nitrogens is 3. The van der Waals surface area contributed by atoms with Gasteiger partial charge in [-0.3, -0.25) is 5.32 Å². The summed E-state index contributed by atoms with van der Waals surface area (Å²) in [6, 6.07) is 4.72. The summed E-state index contributed by atoms with van der Waals surface area (Å²) in [6.07, 6.45) is 7.29. The third kappa shape index (κ3) is 5.23. The number of urea groups is 1. The molecule has 0 aliphatic heterocycles. The number of aryl methyl sites for hydroxylation is 1. The summed E-state index contributed by atoms with van der Waals surface area (Å²) < 4.78 is 26.1. The lowest BCUT2D eigenvalue weighted by molar-refractivity contribution is 0.250. The first-order valence-electron chi connectivity index (χ1n) is 9.25. The monoisotopic (exact) mass is 449 g/mol. The van der Waals surface area contributed by atoms with Crippen molar-refractivity contribution >= 4 is 32.3 Å². The van der Waals surface area contributed by atoms with Crippen molar-refractivity contribution in [3.63, 3.8) is 0 Å². The summed E-state index contributed by atoms with van der Waals surface area (Å²) in [5.41, 5.74) is 2.01. The molecule has 0 radical (unpaired) electrons. The number of carbonyl (C=O) groups excluding carboxylic acids is 1. The fraction of sp³-hybridized carbons (Fsp3) is 0.316. The lowest BCUT2D eigenvalue weighted by Crippen LogP contribution is -2.29. The number of aliphatic hydroxyl groups is 1. The molecule has 3 rings (SSSR count). The van der Waals surface area contributed by atoms with E-state index in [1.807, 2.05) is 6.92 Å². The Bertz CT molecular complexity index is 1120.